The van der Waals surface area contributed by atoms with Crippen LogP contribution in [0.5, 0.6) is 0 Å². The summed E-state index contributed by atoms with van der Waals surface area (Å²) in [6.45, 7) is 4.21. The van der Waals surface area contributed by atoms with Crippen LogP contribution in [0, 0.1) is 6.92 Å². The van der Waals surface area contributed by atoms with E-state index in [1.165, 1.54) is 6.42 Å². The van der Waals surface area contributed by atoms with Gasteiger partial charge in [-0.3, -0.25) is 9.59 Å². The first kappa shape index (κ1) is 24.6. The molecule has 0 heterocycles. The molecule has 2 aromatic rings. The summed E-state index contributed by atoms with van der Waals surface area (Å²) in [6, 6.07) is 12.8. The van der Waals surface area contributed by atoms with Gasteiger partial charge in [-0.15, -0.1) is 0 Å². The highest BCUT2D eigenvalue weighted by Crippen LogP contribution is 2.25. The number of rotatable bonds is 8. The fraction of sp³-hybridized carbons (Fsp3) is 0.462. The van der Waals surface area contributed by atoms with E-state index in [-0.39, 0.29) is 30.8 Å². The van der Waals surface area contributed by atoms with Gasteiger partial charge < -0.3 is 10.2 Å². The van der Waals surface area contributed by atoms with Crippen LogP contribution in [0.4, 0.5) is 0 Å². The number of halogens is 2. The van der Waals surface area contributed by atoms with E-state index in [0.29, 0.717) is 16.5 Å². The van der Waals surface area contributed by atoms with Crippen molar-refractivity contribution in [3.63, 3.8) is 0 Å². The van der Waals surface area contributed by atoms with Gasteiger partial charge in [0.05, 0.1) is 6.42 Å². The minimum atomic E-state index is -0.555. The van der Waals surface area contributed by atoms with E-state index in [2.05, 4.69) is 5.32 Å². The zero-order chi connectivity index (χ0) is 23.1. The third kappa shape index (κ3) is 6.73. The Morgan fingerprint density at radius 3 is 2.50 bits per heavy atom. The number of hydrogen-bond acceptors (Lipinski definition) is 2. The zero-order valence-corrected chi connectivity index (χ0v) is 20.4. The summed E-state index contributed by atoms with van der Waals surface area (Å²) < 4.78 is 0. The maximum absolute atomic E-state index is 13.5. The van der Waals surface area contributed by atoms with E-state index in [1.807, 2.05) is 44.2 Å². The maximum atomic E-state index is 13.5. The Bertz CT molecular complexity index is 941. The summed E-state index contributed by atoms with van der Waals surface area (Å²) in [5.74, 6) is -0.172. The summed E-state index contributed by atoms with van der Waals surface area (Å²) in [5.41, 5.74) is 2.81. The lowest BCUT2D eigenvalue weighted by Crippen LogP contribution is -2.52. The molecule has 0 bridgehead atoms. The second kappa shape index (κ2) is 11.7. The van der Waals surface area contributed by atoms with E-state index in [0.717, 1.165) is 42.4 Å². The first-order chi connectivity index (χ1) is 15.4. The van der Waals surface area contributed by atoms with Gasteiger partial charge in [-0.05, 0) is 49.4 Å². The predicted octanol–water partition coefficient (Wildman–Crippen LogP) is 6.10. The summed E-state index contributed by atoms with van der Waals surface area (Å²) in [6.07, 6.45) is 6.27. The molecule has 0 aliphatic heterocycles. The predicted molar refractivity (Wildman–Crippen MR) is 131 cm³/mol. The first-order valence-corrected chi connectivity index (χ1v) is 12.2. The second-order valence-electron chi connectivity index (χ2n) is 8.69. The van der Waals surface area contributed by atoms with Gasteiger partial charge in [-0.2, -0.15) is 0 Å². The molecule has 1 aliphatic carbocycles. The number of amides is 2. The molecule has 1 aliphatic rings. The van der Waals surface area contributed by atoms with Crippen molar-refractivity contribution in [1.82, 2.24) is 10.2 Å². The molecule has 1 saturated carbocycles. The van der Waals surface area contributed by atoms with Gasteiger partial charge in [0.15, 0.2) is 0 Å². The van der Waals surface area contributed by atoms with Gasteiger partial charge in [0.25, 0.3) is 0 Å². The Hall–Kier alpha value is -2.04. The number of hydrogen-bond donors (Lipinski definition) is 1. The van der Waals surface area contributed by atoms with Crippen molar-refractivity contribution in [3.8, 4) is 0 Å². The quantitative estimate of drug-likeness (QED) is 0.502. The fourth-order valence-corrected chi connectivity index (χ4v) is 4.86. The van der Waals surface area contributed by atoms with Crippen LogP contribution in [0.15, 0.2) is 42.5 Å². The van der Waals surface area contributed by atoms with Crippen molar-refractivity contribution in [1.29, 1.82) is 0 Å². The van der Waals surface area contributed by atoms with E-state index in [9.17, 15) is 9.59 Å². The molecule has 0 spiro atoms. The minimum absolute atomic E-state index is 0.0814. The third-order valence-corrected chi connectivity index (χ3v) is 6.72. The topological polar surface area (TPSA) is 49.4 Å². The fourth-order valence-electron chi connectivity index (χ4n) is 4.40. The molecule has 1 atom stereocenters. The van der Waals surface area contributed by atoms with E-state index in [1.54, 1.807) is 17.0 Å². The first-order valence-electron chi connectivity index (χ1n) is 11.5. The number of nitrogens with one attached hydrogen (secondary N) is 1. The van der Waals surface area contributed by atoms with Crippen LogP contribution in [0.3, 0.4) is 0 Å². The van der Waals surface area contributed by atoms with Gasteiger partial charge in [0.1, 0.15) is 6.04 Å². The molecule has 6 heteroatoms. The Kier molecular flexibility index (Phi) is 9.01. The number of carbonyl (C=O) groups is 2. The highest BCUT2D eigenvalue weighted by molar-refractivity contribution is 6.35. The normalized spacial score (nSPS) is 15.2. The lowest BCUT2D eigenvalue weighted by atomic mass is 9.95. The molecule has 0 aromatic heterocycles. The van der Waals surface area contributed by atoms with Crippen molar-refractivity contribution < 1.29 is 9.59 Å². The van der Waals surface area contributed by atoms with Crippen LogP contribution in [-0.4, -0.2) is 28.8 Å². The Labute approximate surface area is 201 Å². The van der Waals surface area contributed by atoms with Crippen LogP contribution < -0.4 is 5.32 Å². The SMILES string of the molecule is CC[C@@H](C(=O)NC1CCCCC1)N(Cc1ccc(Cl)cc1Cl)C(=O)Cc1cccc(C)c1. The monoisotopic (exact) mass is 474 g/mol. The van der Waals surface area contributed by atoms with Gasteiger partial charge >= 0.3 is 0 Å². The second-order valence-corrected chi connectivity index (χ2v) is 9.53. The van der Waals surface area contributed by atoms with Gasteiger partial charge in [0.2, 0.25) is 11.8 Å². The number of nitrogens with zero attached hydrogens (tertiary/aromatic N) is 1. The molecule has 0 saturated heterocycles. The smallest absolute Gasteiger partial charge is 0.243 e. The van der Waals surface area contributed by atoms with Crippen molar-refractivity contribution in [2.45, 2.75) is 77.4 Å². The van der Waals surface area contributed by atoms with E-state index in [4.69, 9.17) is 23.2 Å². The van der Waals surface area contributed by atoms with Crippen molar-refractivity contribution in [2.75, 3.05) is 0 Å². The van der Waals surface area contributed by atoms with E-state index >= 15 is 0 Å². The van der Waals surface area contributed by atoms with Gasteiger partial charge in [-0.25, -0.2) is 0 Å². The average Bonchev–Trinajstić information content (AvgIpc) is 2.75. The molecule has 0 unspecified atom stereocenters. The highest BCUT2D eigenvalue weighted by Gasteiger charge is 2.30. The lowest BCUT2D eigenvalue weighted by molar-refractivity contribution is -0.141. The lowest BCUT2D eigenvalue weighted by Gasteiger charge is -2.33. The molecule has 3 rings (SSSR count). The largest absolute Gasteiger partial charge is 0.352 e. The third-order valence-electron chi connectivity index (χ3n) is 6.13. The van der Waals surface area contributed by atoms with Crippen molar-refractivity contribution in [2.24, 2.45) is 0 Å². The Balaban J connectivity index is 1.84. The van der Waals surface area contributed by atoms with Gasteiger partial charge in [0, 0.05) is 22.6 Å². The number of aryl methyl sites for hydroxylation is 1. The van der Waals surface area contributed by atoms with Gasteiger partial charge in [-0.1, -0.05) is 85.3 Å². The number of benzene rings is 2. The average molecular weight is 475 g/mol. The van der Waals surface area contributed by atoms with Crippen molar-refractivity contribution in [3.05, 3.63) is 69.2 Å². The molecule has 1 N–H and O–H groups in total. The summed E-state index contributed by atoms with van der Waals surface area (Å²) >= 11 is 12.5. The molecular weight excluding hydrogens is 443 g/mol. The zero-order valence-electron chi connectivity index (χ0n) is 18.9. The summed E-state index contributed by atoms with van der Waals surface area (Å²) in [4.78, 5) is 28.4. The van der Waals surface area contributed by atoms with Crippen LogP contribution in [-0.2, 0) is 22.6 Å². The Morgan fingerprint density at radius 2 is 1.84 bits per heavy atom. The number of carbonyl (C=O) groups excluding carboxylic acids is 2. The standard InChI is InChI=1S/C26H32Cl2N2O2/c1-3-24(26(32)29-22-10-5-4-6-11-22)30(17-20-12-13-21(27)16-23(20)28)25(31)15-19-9-7-8-18(2)14-19/h7-9,12-14,16,22,24H,3-6,10-11,15,17H2,1-2H3,(H,29,32)/t24-/m0/s1. The molecule has 172 valence electrons. The van der Waals surface area contributed by atoms with E-state index < -0.39 is 6.04 Å². The molecule has 2 amide bonds. The molecule has 0 radical (unpaired) electrons. The van der Waals surface area contributed by atoms with Crippen LogP contribution in [0.25, 0.3) is 0 Å². The maximum Gasteiger partial charge on any atom is 0.243 e. The van der Waals surface area contributed by atoms with Crippen molar-refractivity contribution >= 4 is 35.0 Å². The molecular formula is C26H32Cl2N2O2. The molecule has 4 nitrogen and oxygen atoms in total. The summed E-state index contributed by atoms with van der Waals surface area (Å²) in [7, 11) is 0. The molecule has 2 aromatic carbocycles. The minimum Gasteiger partial charge on any atom is -0.352 e. The summed E-state index contributed by atoms with van der Waals surface area (Å²) in [5, 5.41) is 4.23. The highest BCUT2D eigenvalue weighted by atomic mass is 35.5. The Morgan fingerprint density at radius 1 is 1.09 bits per heavy atom. The molecule has 32 heavy (non-hydrogen) atoms. The van der Waals surface area contributed by atoms with Crippen LogP contribution in [0.1, 0.15) is 62.1 Å². The molecule has 1 fully saturated rings. The van der Waals surface area contributed by atoms with Crippen LogP contribution >= 0.6 is 23.2 Å². The van der Waals surface area contributed by atoms with Crippen LogP contribution in [0.2, 0.25) is 10.0 Å².